The van der Waals surface area contributed by atoms with Gasteiger partial charge in [0.2, 0.25) is 0 Å². The predicted octanol–water partition coefficient (Wildman–Crippen LogP) is 2.90. The van der Waals surface area contributed by atoms with E-state index in [4.69, 9.17) is 4.43 Å². The Bertz CT molecular complexity index is 453. The molecule has 0 unspecified atom stereocenters. The van der Waals surface area contributed by atoms with Gasteiger partial charge in [0.25, 0.3) is 0 Å². The molecule has 0 atom stereocenters. The third-order valence-electron chi connectivity index (χ3n) is 2.44. The van der Waals surface area contributed by atoms with Crippen LogP contribution in [-0.4, -0.2) is 9.04 Å². The zero-order valence-electron chi connectivity index (χ0n) is 9.60. The molecule has 0 spiro atoms. The largest absolute Gasteiger partial charge is 0.538 e. The maximum Gasteiger partial charge on any atom is 0.313 e. The summed E-state index contributed by atoms with van der Waals surface area (Å²) in [5.41, 5.74) is 1.29. The van der Waals surface area contributed by atoms with Crippen molar-refractivity contribution in [3.05, 3.63) is 60.2 Å². The van der Waals surface area contributed by atoms with Gasteiger partial charge < -0.3 is 4.43 Å². The van der Waals surface area contributed by atoms with Gasteiger partial charge in [0.1, 0.15) is 5.75 Å². The van der Waals surface area contributed by atoms with Gasteiger partial charge in [0.15, 0.2) is 0 Å². The van der Waals surface area contributed by atoms with Gasteiger partial charge in [0.05, 0.1) is 0 Å². The average Bonchev–Trinajstić information content (AvgIpc) is 2.30. The van der Waals surface area contributed by atoms with E-state index in [9.17, 15) is 0 Å². The van der Waals surface area contributed by atoms with Crippen molar-refractivity contribution in [1.82, 2.24) is 0 Å². The fraction of sp³-hybridized carbons (Fsp3) is 0.143. The van der Waals surface area contributed by atoms with Crippen LogP contribution in [0.5, 0.6) is 5.75 Å². The molecular formula is C14H15OSi. The molecule has 2 rings (SSSR count). The van der Waals surface area contributed by atoms with Gasteiger partial charge in [-0.1, -0.05) is 48.0 Å². The summed E-state index contributed by atoms with van der Waals surface area (Å²) in [4.78, 5) is 0. The van der Waals surface area contributed by atoms with Crippen molar-refractivity contribution in [2.24, 2.45) is 0 Å². The molecule has 81 valence electrons. The molecule has 0 aliphatic rings. The molecule has 1 nitrogen and oxygen atoms in total. The van der Waals surface area contributed by atoms with Crippen LogP contribution in [0.15, 0.2) is 54.6 Å². The second kappa shape index (κ2) is 4.99. The van der Waals surface area contributed by atoms with E-state index in [-0.39, 0.29) is 0 Å². The van der Waals surface area contributed by atoms with Gasteiger partial charge in [-0.15, -0.1) is 0 Å². The third kappa shape index (κ3) is 2.73. The van der Waals surface area contributed by atoms with Crippen LogP contribution in [0, 0.1) is 6.92 Å². The van der Waals surface area contributed by atoms with Crippen LogP contribution in [0.3, 0.4) is 0 Å². The Morgan fingerprint density at radius 1 is 0.938 bits per heavy atom. The monoisotopic (exact) mass is 227 g/mol. The normalized spacial score (nSPS) is 10.4. The highest BCUT2D eigenvalue weighted by atomic mass is 28.3. The molecule has 2 aromatic rings. The van der Waals surface area contributed by atoms with Crippen LogP contribution in [0.25, 0.3) is 0 Å². The molecule has 0 saturated heterocycles. The second-order valence-electron chi connectivity index (χ2n) is 3.84. The van der Waals surface area contributed by atoms with Gasteiger partial charge >= 0.3 is 9.04 Å². The van der Waals surface area contributed by atoms with Gasteiger partial charge in [-0.2, -0.15) is 0 Å². The Balaban J connectivity index is 2.12. The minimum Gasteiger partial charge on any atom is -0.538 e. The van der Waals surface area contributed by atoms with Gasteiger partial charge in [-0.25, -0.2) is 0 Å². The van der Waals surface area contributed by atoms with E-state index >= 15 is 0 Å². The fourth-order valence-corrected chi connectivity index (χ4v) is 2.96. The van der Waals surface area contributed by atoms with Crippen molar-refractivity contribution in [2.45, 2.75) is 13.5 Å². The minimum atomic E-state index is -0.942. The van der Waals surface area contributed by atoms with Gasteiger partial charge in [0, 0.05) is 0 Å². The Labute approximate surface area is 98.4 Å². The highest BCUT2D eigenvalue weighted by Crippen LogP contribution is 2.09. The first-order valence-corrected chi connectivity index (χ1v) is 7.30. The minimum absolute atomic E-state index is 0.942. The first-order chi connectivity index (χ1) is 7.75. The van der Waals surface area contributed by atoms with Crippen LogP contribution >= 0.6 is 0 Å². The molecule has 2 aromatic carbocycles. The molecule has 0 aliphatic heterocycles. The molecule has 0 bridgehead atoms. The van der Waals surface area contributed by atoms with Crippen molar-refractivity contribution >= 4 is 14.2 Å². The predicted molar refractivity (Wildman–Crippen MR) is 69.5 cm³/mol. The van der Waals surface area contributed by atoms with E-state index in [0.717, 1.165) is 5.75 Å². The molecule has 0 N–H and O–H groups in total. The van der Waals surface area contributed by atoms with E-state index in [1.165, 1.54) is 10.8 Å². The van der Waals surface area contributed by atoms with Crippen molar-refractivity contribution in [3.8, 4) is 5.75 Å². The lowest BCUT2D eigenvalue weighted by Crippen LogP contribution is -2.33. The molecule has 0 fully saturated rings. The van der Waals surface area contributed by atoms with Crippen LogP contribution in [-0.2, 0) is 0 Å². The lowest BCUT2D eigenvalue weighted by Gasteiger charge is -2.12. The average molecular weight is 227 g/mol. The lowest BCUT2D eigenvalue weighted by molar-refractivity contribution is 0.586. The Hall–Kier alpha value is -1.54. The Morgan fingerprint density at radius 2 is 1.69 bits per heavy atom. The maximum atomic E-state index is 5.96. The van der Waals surface area contributed by atoms with Crippen molar-refractivity contribution < 1.29 is 4.43 Å². The number of rotatable bonds is 3. The van der Waals surface area contributed by atoms with E-state index in [2.05, 4.69) is 37.7 Å². The van der Waals surface area contributed by atoms with E-state index < -0.39 is 9.04 Å². The zero-order valence-corrected chi connectivity index (χ0v) is 10.6. The number of benzene rings is 2. The van der Waals surface area contributed by atoms with E-state index in [0.29, 0.717) is 0 Å². The van der Waals surface area contributed by atoms with Crippen LogP contribution in [0.2, 0.25) is 6.55 Å². The summed E-state index contributed by atoms with van der Waals surface area (Å²) in [6, 6.07) is 18.6. The van der Waals surface area contributed by atoms with E-state index in [1.54, 1.807) is 0 Å². The first kappa shape index (κ1) is 11.0. The molecule has 2 heteroatoms. The topological polar surface area (TPSA) is 9.23 Å². The summed E-state index contributed by atoms with van der Waals surface area (Å²) < 4.78 is 5.96. The third-order valence-corrected chi connectivity index (χ3v) is 4.10. The fourth-order valence-electron chi connectivity index (χ4n) is 1.59. The summed E-state index contributed by atoms with van der Waals surface area (Å²) in [6.07, 6.45) is 0. The van der Waals surface area contributed by atoms with Crippen molar-refractivity contribution in [3.63, 3.8) is 0 Å². The SMILES string of the molecule is Cc1cccc([Si](C)Oc2ccccc2)c1. The molecule has 0 amide bonds. The van der Waals surface area contributed by atoms with Crippen LogP contribution in [0.1, 0.15) is 5.56 Å². The van der Waals surface area contributed by atoms with Crippen LogP contribution in [0.4, 0.5) is 0 Å². The zero-order chi connectivity index (χ0) is 11.4. The summed E-state index contributed by atoms with van der Waals surface area (Å²) >= 11 is 0. The molecule has 1 radical (unpaired) electrons. The molecule has 0 aromatic heterocycles. The Kier molecular flexibility index (Phi) is 3.42. The smallest absolute Gasteiger partial charge is 0.313 e. The molecule has 0 aliphatic carbocycles. The summed E-state index contributed by atoms with van der Waals surface area (Å²) in [7, 11) is -0.942. The van der Waals surface area contributed by atoms with Crippen LogP contribution < -0.4 is 9.61 Å². The number of aryl methyl sites for hydroxylation is 1. The Morgan fingerprint density at radius 3 is 2.38 bits per heavy atom. The standard InChI is InChI=1S/C14H15OSi/c1-12-7-6-10-14(11-12)16(2)15-13-8-4-3-5-9-13/h3-11H,1-2H3. The van der Waals surface area contributed by atoms with Crippen molar-refractivity contribution in [1.29, 1.82) is 0 Å². The highest BCUT2D eigenvalue weighted by molar-refractivity contribution is 6.66. The number of hydrogen-bond donors (Lipinski definition) is 0. The van der Waals surface area contributed by atoms with Gasteiger partial charge in [-0.05, 0) is 30.8 Å². The lowest BCUT2D eigenvalue weighted by atomic mass is 10.2. The second-order valence-corrected chi connectivity index (χ2v) is 5.73. The molecular weight excluding hydrogens is 212 g/mol. The highest BCUT2D eigenvalue weighted by Gasteiger charge is 2.11. The molecule has 0 heterocycles. The first-order valence-electron chi connectivity index (χ1n) is 5.39. The number of hydrogen-bond acceptors (Lipinski definition) is 1. The van der Waals surface area contributed by atoms with E-state index in [1.807, 2.05) is 30.3 Å². The molecule has 16 heavy (non-hydrogen) atoms. The summed E-state index contributed by atoms with van der Waals surface area (Å²) in [5.74, 6) is 0.959. The summed E-state index contributed by atoms with van der Waals surface area (Å²) in [6.45, 7) is 4.29. The molecule has 0 saturated carbocycles. The maximum absolute atomic E-state index is 5.96. The van der Waals surface area contributed by atoms with Crippen molar-refractivity contribution in [2.75, 3.05) is 0 Å². The summed E-state index contributed by atoms with van der Waals surface area (Å²) in [5, 5.41) is 1.31. The number of para-hydroxylation sites is 1. The van der Waals surface area contributed by atoms with Gasteiger partial charge in [-0.3, -0.25) is 0 Å². The quantitative estimate of drug-likeness (QED) is 0.733.